The lowest BCUT2D eigenvalue weighted by Crippen LogP contribution is -1.99. The Balaban J connectivity index is 1.48. The Labute approximate surface area is 217 Å². The highest BCUT2D eigenvalue weighted by Crippen LogP contribution is 2.26. The molecule has 0 radical (unpaired) electrons. The molecule has 0 saturated heterocycles. The molecule has 0 aliphatic heterocycles. The minimum absolute atomic E-state index is 0.301. The van der Waals surface area contributed by atoms with E-state index in [4.69, 9.17) is 4.74 Å². The zero-order valence-corrected chi connectivity index (χ0v) is 22.3. The van der Waals surface area contributed by atoms with E-state index >= 15 is 0 Å². The number of unbranched alkanes of at least 4 members (excludes halogenated alkanes) is 10. The maximum Gasteiger partial charge on any atom is 0.165 e. The van der Waals surface area contributed by atoms with Crippen LogP contribution in [0.25, 0.3) is 22.5 Å². The number of benzene rings is 2. The molecule has 0 spiro atoms. The number of nitrogens with zero attached hydrogens (tertiary/aromatic N) is 2. The third-order valence-corrected chi connectivity index (χ3v) is 6.70. The molecule has 3 rings (SSSR count). The molecule has 0 atom stereocenters. The molecule has 0 bridgehead atoms. The lowest BCUT2D eigenvalue weighted by atomic mass is 10.0. The van der Waals surface area contributed by atoms with Crippen molar-refractivity contribution in [3.8, 4) is 28.3 Å². The molecule has 3 aromatic rings. The normalized spacial score (nSPS) is 11.1. The van der Waals surface area contributed by atoms with Crippen LogP contribution < -0.4 is 4.74 Å². The van der Waals surface area contributed by atoms with Gasteiger partial charge in [-0.25, -0.2) is 4.39 Å². The van der Waals surface area contributed by atoms with E-state index in [1.807, 2.05) is 6.07 Å². The Kier molecular flexibility index (Phi) is 12.4. The molecular weight excluding hydrogens is 447 g/mol. The lowest BCUT2D eigenvalue weighted by molar-refractivity contribution is 0.290. The summed E-state index contributed by atoms with van der Waals surface area (Å²) in [5.41, 5.74) is 4.60. The van der Waals surface area contributed by atoms with E-state index in [1.54, 1.807) is 18.5 Å². The molecule has 0 unspecified atom stereocenters. The number of rotatable bonds is 17. The molecule has 1 heterocycles. The molecule has 0 saturated carbocycles. The topological polar surface area (TPSA) is 35.0 Å². The smallest absolute Gasteiger partial charge is 0.165 e. The van der Waals surface area contributed by atoms with Crippen LogP contribution in [0.4, 0.5) is 4.39 Å². The van der Waals surface area contributed by atoms with Crippen LogP contribution in [0.5, 0.6) is 5.75 Å². The second-order valence-corrected chi connectivity index (χ2v) is 9.76. The van der Waals surface area contributed by atoms with Crippen molar-refractivity contribution in [2.24, 2.45) is 0 Å². The van der Waals surface area contributed by atoms with Gasteiger partial charge in [-0.3, -0.25) is 9.97 Å². The average Bonchev–Trinajstić information content (AvgIpc) is 2.91. The Morgan fingerprint density at radius 3 is 1.81 bits per heavy atom. The summed E-state index contributed by atoms with van der Waals surface area (Å²) in [5, 5.41) is 0. The first-order chi connectivity index (χ1) is 17.7. The number of hydrogen-bond acceptors (Lipinski definition) is 3. The van der Waals surface area contributed by atoms with E-state index in [9.17, 15) is 4.39 Å². The first-order valence-corrected chi connectivity index (χ1v) is 14.0. The number of hydrogen-bond donors (Lipinski definition) is 0. The average molecular weight is 491 g/mol. The maximum absolute atomic E-state index is 14.6. The molecule has 0 N–H and O–H groups in total. The molecule has 194 valence electrons. The molecule has 4 heteroatoms. The van der Waals surface area contributed by atoms with Crippen LogP contribution in [0.15, 0.2) is 54.9 Å². The summed E-state index contributed by atoms with van der Waals surface area (Å²) in [6.45, 7) is 5.00. The van der Waals surface area contributed by atoms with E-state index < -0.39 is 0 Å². The van der Waals surface area contributed by atoms with Crippen LogP contribution in [-0.4, -0.2) is 16.6 Å². The van der Waals surface area contributed by atoms with Gasteiger partial charge in [-0.15, -0.1) is 0 Å². The monoisotopic (exact) mass is 490 g/mol. The van der Waals surface area contributed by atoms with Gasteiger partial charge in [-0.2, -0.15) is 0 Å². The van der Waals surface area contributed by atoms with Gasteiger partial charge in [0.2, 0.25) is 0 Å². The number of halogens is 1. The highest BCUT2D eigenvalue weighted by Gasteiger charge is 2.09. The van der Waals surface area contributed by atoms with Gasteiger partial charge in [0.1, 0.15) is 0 Å². The van der Waals surface area contributed by atoms with E-state index in [2.05, 4.69) is 48.1 Å². The third-order valence-electron chi connectivity index (χ3n) is 6.70. The highest BCUT2D eigenvalue weighted by atomic mass is 19.1. The summed E-state index contributed by atoms with van der Waals surface area (Å²) in [6.07, 6.45) is 19.7. The van der Waals surface area contributed by atoms with Crippen molar-refractivity contribution in [3.63, 3.8) is 0 Å². The van der Waals surface area contributed by atoms with Crippen LogP contribution >= 0.6 is 0 Å². The first-order valence-electron chi connectivity index (χ1n) is 14.0. The van der Waals surface area contributed by atoms with Crippen molar-refractivity contribution in [3.05, 3.63) is 66.2 Å². The Morgan fingerprint density at radius 1 is 0.639 bits per heavy atom. The molecule has 1 aromatic heterocycles. The number of aryl methyl sites for hydroxylation is 1. The van der Waals surface area contributed by atoms with Gasteiger partial charge in [0, 0.05) is 11.1 Å². The van der Waals surface area contributed by atoms with E-state index in [0.29, 0.717) is 23.6 Å². The lowest BCUT2D eigenvalue weighted by Gasteiger charge is -2.09. The number of ether oxygens (including phenoxy) is 1. The van der Waals surface area contributed by atoms with Gasteiger partial charge in [0.15, 0.2) is 11.6 Å². The van der Waals surface area contributed by atoms with Crippen LogP contribution in [0, 0.1) is 5.82 Å². The SMILES string of the molecule is CCCCCCCCCc1ccc(-c2cnc(-c3ccc(OCCCCCCC)c(F)c3)cn2)cc1. The van der Waals surface area contributed by atoms with Crippen molar-refractivity contribution < 1.29 is 9.13 Å². The van der Waals surface area contributed by atoms with Crippen molar-refractivity contribution >= 4 is 0 Å². The first kappa shape index (κ1) is 27.8. The molecule has 0 aliphatic rings. The van der Waals surface area contributed by atoms with Crippen molar-refractivity contribution in [1.82, 2.24) is 9.97 Å². The zero-order valence-electron chi connectivity index (χ0n) is 22.3. The molecule has 2 aromatic carbocycles. The summed E-state index contributed by atoms with van der Waals surface area (Å²) in [5.74, 6) is -0.0566. The Bertz CT molecular complexity index is 1000. The molecule has 0 aliphatic carbocycles. The standard InChI is InChI=1S/C32H43FN2O/c1-3-5-7-9-10-11-13-15-26-16-18-27(19-17-26)30-24-35-31(25-34-30)28-20-21-32(29(33)23-28)36-22-14-12-8-6-4-2/h16-21,23-25H,3-15,22H2,1-2H3. The van der Waals surface area contributed by atoms with E-state index in [1.165, 1.54) is 75.8 Å². The van der Waals surface area contributed by atoms with Crippen LogP contribution in [-0.2, 0) is 6.42 Å². The molecule has 36 heavy (non-hydrogen) atoms. The van der Waals surface area contributed by atoms with Gasteiger partial charge < -0.3 is 4.74 Å². The zero-order chi connectivity index (χ0) is 25.4. The molecule has 0 amide bonds. The van der Waals surface area contributed by atoms with Gasteiger partial charge in [0.25, 0.3) is 0 Å². The quantitative estimate of drug-likeness (QED) is 0.177. The predicted octanol–water partition coefficient (Wildman–Crippen LogP) is 9.59. The highest BCUT2D eigenvalue weighted by molar-refractivity contribution is 5.63. The molecular formula is C32H43FN2O. The Morgan fingerprint density at radius 2 is 1.19 bits per heavy atom. The second-order valence-electron chi connectivity index (χ2n) is 9.76. The van der Waals surface area contributed by atoms with Crippen LogP contribution in [0.3, 0.4) is 0 Å². The fourth-order valence-corrected chi connectivity index (χ4v) is 4.42. The largest absolute Gasteiger partial charge is 0.491 e. The van der Waals surface area contributed by atoms with E-state index in [-0.39, 0.29) is 5.82 Å². The van der Waals surface area contributed by atoms with Crippen molar-refractivity contribution in [1.29, 1.82) is 0 Å². The summed E-state index contributed by atoms with van der Waals surface area (Å²) in [6, 6.07) is 13.6. The van der Waals surface area contributed by atoms with Crippen molar-refractivity contribution in [2.75, 3.05) is 6.61 Å². The summed E-state index contributed by atoms with van der Waals surface area (Å²) in [4.78, 5) is 9.13. The van der Waals surface area contributed by atoms with Gasteiger partial charge in [-0.05, 0) is 43.0 Å². The fraction of sp³-hybridized carbons (Fsp3) is 0.500. The summed E-state index contributed by atoms with van der Waals surface area (Å²) in [7, 11) is 0. The van der Waals surface area contributed by atoms with Gasteiger partial charge in [0.05, 0.1) is 30.4 Å². The molecule has 0 fully saturated rings. The van der Waals surface area contributed by atoms with Crippen molar-refractivity contribution in [2.45, 2.75) is 97.3 Å². The maximum atomic E-state index is 14.6. The second kappa shape index (κ2) is 16.1. The fourth-order valence-electron chi connectivity index (χ4n) is 4.42. The molecule has 3 nitrogen and oxygen atoms in total. The minimum Gasteiger partial charge on any atom is -0.491 e. The van der Waals surface area contributed by atoms with Gasteiger partial charge >= 0.3 is 0 Å². The van der Waals surface area contributed by atoms with Crippen LogP contribution in [0.1, 0.15) is 96.5 Å². The summed E-state index contributed by atoms with van der Waals surface area (Å²) >= 11 is 0. The number of aromatic nitrogens is 2. The van der Waals surface area contributed by atoms with E-state index in [0.717, 1.165) is 30.5 Å². The Hall–Kier alpha value is -2.75. The van der Waals surface area contributed by atoms with Gasteiger partial charge in [-0.1, -0.05) is 102 Å². The van der Waals surface area contributed by atoms with Crippen LogP contribution in [0.2, 0.25) is 0 Å². The summed E-state index contributed by atoms with van der Waals surface area (Å²) < 4.78 is 20.2. The minimum atomic E-state index is -0.358. The third kappa shape index (κ3) is 9.37. The predicted molar refractivity (Wildman–Crippen MR) is 149 cm³/mol.